The van der Waals surface area contributed by atoms with Crippen LogP contribution in [-0.4, -0.2) is 40.7 Å². The molecule has 4 aliphatic heterocycles. The van der Waals surface area contributed by atoms with E-state index in [1.807, 2.05) is 19.1 Å². The normalized spacial score (nSPS) is 32.8. The minimum absolute atomic E-state index is 0.0149. The number of carbonyl (C=O) groups is 1. The van der Waals surface area contributed by atoms with Gasteiger partial charge in [0.2, 0.25) is 5.91 Å². The number of halogens is 1. The first-order valence-corrected chi connectivity index (χ1v) is 8.89. The summed E-state index contributed by atoms with van der Waals surface area (Å²) in [7, 11) is 0. The van der Waals surface area contributed by atoms with Gasteiger partial charge in [0.15, 0.2) is 0 Å². The molecule has 2 unspecified atom stereocenters. The Morgan fingerprint density at radius 2 is 2.00 bits per heavy atom. The van der Waals surface area contributed by atoms with E-state index in [1.165, 1.54) is 24.1 Å². The van der Waals surface area contributed by atoms with E-state index in [4.69, 9.17) is 5.10 Å². The Kier molecular flexibility index (Phi) is 3.57. The van der Waals surface area contributed by atoms with E-state index in [9.17, 15) is 4.79 Å². The average molecular weight is 362 g/mol. The third-order valence-electron chi connectivity index (χ3n) is 5.21. The van der Waals surface area contributed by atoms with Crippen molar-refractivity contribution in [2.75, 3.05) is 13.1 Å². The molecule has 3 fully saturated rings. The molecule has 4 heterocycles. The minimum Gasteiger partial charge on any atom is -0.293 e. The summed E-state index contributed by atoms with van der Waals surface area (Å²) in [6.45, 7) is 4.17. The van der Waals surface area contributed by atoms with Gasteiger partial charge < -0.3 is 0 Å². The predicted molar refractivity (Wildman–Crippen MR) is 89.5 cm³/mol. The molecular weight excluding hydrogens is 342 g/mol. The summed E-state index contributed by atoms with van der Waals surface area (Å²) in [5.74, 6) is 0.679. The van der Waals surface area contributed by atoms with Crippen molar-refractivity contribution in [2.24, 2.45) is 11.0 Å². The van der Waals surface area contributed by atoms with Gasteiger partial charge in [0, 0.05) is 16.8 Å². The number of nitrogens with zero attached hydrogens (tertiary/aromatic N) is 3. The monoisotopic (exact) mass is 361 g/mol. The molecule has 1 aromatic carbocycles. The second-order valence-corrected chi connectivity index (χ2v) is 7.19. The Labute approximate surface area is 139 Å². The van der Waals surface area contributed by atoms with Crippen LogP contribution in [0.5, 0.6) is 0 Å². The Hall–Kier alpha value is -1.20. The second-order valence-electron chi connectivity index (χ2n) is 6.34. The highest BCUT2D eigenvalue weighted by Gasteiger charge is 2.51. The van der Waals surface area contributed by atoms with Crippen molar-refractivity contribution in [3.8, 4) is 0 Å². The SMILES string of the molecule is CCC(=O)N1N=C2C3CCN(CC3)C2C1c1ccccc1Br. The van der Waals surface area contributed by atoms with Gasteiger partial charge in [-0.05, 0) is 37.6 Å². The fourth-order valence-corrected chi connectivity index (χ4v) is 4.63. The standard InChI is InChI=1S/C17H20BrN3O/c1-2-14(22)21-16(12-5-3-4-6-13(12)18)17-15(19-21)11-7-9-20(17)10-8-11/h3-6,11,16-17H,2,7-10H2,1H3. The zero-order valence-electron chi connectivity index (χ0n) is 12.7. The van der Waals surface area contributed by atoms with Crippen LogP contribution in [0.3, 0.4) is 0 Å². The molecule has 3 saturated heterocycles. The molecule has 0 aliphatic carbocycles. The van der Waals surface area contributed by atoms with Crippen molar-refractivity contribution in [1.29, 1.82) is 0 Å². The number of fused-ring (bicyclic) bond motifs is 2. The van der Waals surface area contributed by atoms with E-state index in [2.05, 4.69) is 33.0 Å². The predicted octanol–water partition coefficient (Wildman–Crippen LogP) is 3.19. The first-order chi connectivity index (χ1) is 10.7. The summed E-state index contributed by atoms with van der Waals surface area (Å²) >= 11 is 3.67. The van der Waals surface area contributed by atoms with Crippen molar-refractivity contribution >= 4 is 27.5 Å². The maximum Gasteiger partial charge on any atom is 0.243 e. The smallest absolute Gasteiger partial charge is 0.243 e. The molecule has 0 saturated carbocycles. The van der Waals surface area contributed by atoms with Gasteiger partial charge in [0.05, 0.1) is 11.8 Å². The van der Waals surface area contributed by atoms with Crippen LogP contribution in [0.2, 0.25) is 0 Å². The molecule has 4 nitrogen and oxygen atoms in total. The lowest BCUT2D eigenvalue weighted by molar-refractivity contribution is -0.133. The summed E-state index contributed by atoms with van der Waals surface area (Å²) in [6.07, 6.45) is 2.87. The lowest BCUT2D eigenvalue weighted by Crippen LogP contribution is -2.56. The number of piperidine rings is 3. The summed E-state index contributed by atoms with van der Waals surface area (Å²) in [6, 6.07) is 8.51. The van der Waals surface area contributed by atoms with Crippen LogP contribution in [0.15, 0.2) is 33.8 Å². The highest BCUT2D eigenvalue weighted by atomic mass is 79.9. The Morgan fingerprint density at radius 1 is 1.27 bits per heavy atom. The highest BCUT2D eigenvalue weighted by molar-refractivity contribution is 9.10. The largest absolute Gasteiger partial charge is 0.293 e. The lowest BCUT2D eigenvalue weighted by Gasteiger charge is -2.46. The van der Waals surface area contributed by atoms with Crippen LogP contribution >= 0.6 is 15.9 Å². The molecule has 0 spiro atoms. The zero-order valence-corrected chi connectivity index (χ0v) is 14.3. The van der Waals surface area contributed by atoms with Gasteiger partial charge in [-0.2, -0.15) is 5.10 Å². The first-order valence-electron chi connectivity index (χ1n) is 8.09. The van der Waals surface area contributed by atoms with Gasteiger partial charge in [-0.15, -0.1) is 0 Å². The van der Waals surface area contributed by atoms with E-state index in [0.29, 0.717) is 12.3 Å². The molecule has 0 aromatic heterocycles. The quantitative estimate of drug-likeness (QED) is 0.810. The van der Waals surface area contributed by atoms with Crippen molar-refractivity contribution < 1.29 is 4.79 Å². The summed E-state index contributed by atoms with van der Waals surface area (Å²) < 4.78 is 1.06. The lowest BCUT2D eigenvalue weighted by atomic mass is 9.78. The van der Waals surface area contributed by atoms with E-state index < -0.39 is 0 Å². The summed E-state index contributed by atoms with van der Waals surface area (Å²) in [5.41, 5.74) is 2.40. The van der Waals surface area contributed by atoms with Crippen molar-refractivity contribution in [2.45, 2.75) is 38.3 Å². The van der Waals surface area contributed by atoms with Gasteiger partial charge in [-0.1, -0.05) is 41.1 Å². The third kappa shape index (κ3) is 2.06. The number of hydrogen-bond acceptors (Lipinski definition) is 3. The molecular formula is C17H20BrN3O. The molecule has 116 valence electrons. The maximum atomic E-state index is 12.5. The third-order valence-corrected chi connectivity index (χ3v) is 5.93. The topological polar surface area (TPSA) is 35.9 Å². The summed E-state index contributed by atoms with van der Waals surface area (Å²) in [5, 5.41) is 6.56. The van der Waals surface area contributed by atoms with Gasteiger partial charge >= 0.3 is 0 Å². The molecule has 0 N–H and O–H groups in total. The van der Waals surface area contributed by atoms with Crippen LogP contribution in [-0.2, 0) is 4.79 Å². The highest BCUT2D eigenvalue weighted by Crippen LogP contribution is 2.44. The molecule has 5 rings (SSSR count). The Bertz CT molecular complexity index is 637. The zero-order chi connectivity index (χ0) is 15.3. The van der Waals surface area contributed by atoms with Crippen LogP contribution in [0, 0.1) is 5.92 Å². The number of rotatable bonds is 2. The van der Waals surface area contributed by atoms with Crippen LogP contribution in [0.1, 0.15) is 37.8 Å². The Morgan fingerprint density at radius 3 is 2.68 bits per heavy atom. The van der Waals surface area contributed by atoms with Crippen LogP contribution < -0.4 is 0 Å². The molecule has 4 aliphatic rings. The number of benzene rings is 1. The summed E-state index contributed by atoms with van der Waals surface area (Å²) in [4.78, 5) is 15.0. The fourth-order valence-electron chi connectivity index (χ4n) is 4.11. The van der Waals surface area contributed by atoms with Crippen LogP contribution in [0.4, 0.5) is 0 Å². The minimum atomic E-state index is 0.0149. The molecule has 5 heteroatoms. The van der Waals surface area contributed by atoms with E-state index in [1.54, 1.807) is 5.01 Å². The molecule has 0 radical (unpaired) electrons. The van der Waals surface area contributed by atoms with Crippen molar-refractivity contribution in [1.82, 2.24) is 9.91 Å². The molecule has 1 aromatic rings. The number of hydrogen-bond donors (Lipinski definition) is 0. The van der Waals surface area contributed by atoms with E-state index >= 15 is 0 Å². The molecule has 2 atom stereocenters. The molecule has 2 bridgehead atoms. The van der Waals surface area contributed by atoms with Crippen molar-refractivity contribution in [3.05, 3.63) is 34.3 Å². The van der Waals surface area contributed by atoms with Gasteiger partial charge in [-0.25, -0.2) is 5.01 Å². The van der Waals surface area contributed by atoms with Gasteiger partial charge in [-0.3, -0.25) is 9.69 Å². The van der Waals surface area contributed by atoms with Gasteiger partial charge in [0.25, 0.3) is 0 Å². The number of amides is 1. The Balaban J connectivity index is 1.80. The number of hydrazone groups is 1. The van der Waals surface area contributed by atoms with Crippen LogP contribution in [0.25, 0.3) is 0 Å². The number of carbonyl (C=O) groups excluding carboxylic acids is 1. The van der Waals surface area contributed by atoms with E-state index in [-0.39, 0.29) is 18.0 Å². The second kappa shape index (κ2) is 5.46. The molecule has 22 heavy (non-hydrogen) atoms. The fraction of sp³-hybridized carbons (Fsp3) is 0.529. The van der Waals surface area contributed by atoms with Gasteiger partial charge in [0.1, 0.15) is 6.04 Å². The molecule has 1 amide bonds. The average Bonchev–Trinajstić information content (AvgIpc) is 2.98. The van der Waals surface area contributed by atoms with Crippen molar-refractivity contribution in [3.63, 3.8) is 0 Å². The van der Waals surface area contributed by atoms with E-state index in [0.717, 1.165) is 17.6 Å². The maximum absolute atomic E-state index is 12.5. The first kappa shape index (κ1) is 14.4.